The summed E-state index contributed by atoms with van der Waals surface area (Å²) < 4.78 is 0. The van der Waals surface area contributed by atoms with E-state index < -0.39 is 12.0 Å². The third-order valence-electron chi connectivity index (χ3n) is 3.23. The van der Waals surface area contributed by atoms with Crippen LogP contribution in [0.3, 0.4) is 0 Å². The lowest BCUT2D eigenvalue weighted by atomic mass is 9.95. The van der Waals surface area contributed by atoms with Gasteiger partial charge in [0.25, 0.3) is 0 Å². The Labute approximate surface area is 109 Å². The van der Waals surface area contributed by atoms with E-state index in [1.54, 1.807) is 4.90 Å². The molecule has 0 bridgehead atoms. The van der Waals surface area contributed by atoms with E-state index >= 15 is 0 Å². The van der Waals surface area contributed by atoms with Gasteiger partial charge in [0.2, 0.25) is 11.8 Å². The number of primary amides is 1. The molecule has 0 aliphatic carbocycles. The fraction of sp³-hybridized carbons (Fsp3) is 0.846. The summed E-state index contributed by atoms with van der Waals surface area (Å²) in [5.74, 6) is -0.354. The molecule has 0 spiro atoms. The standard InChI is InChI=1S/C13H26N2O3/c1-4-15(5-2)13(18)8-6-7-10(3)11(16)9-12(14)17/h10-11,16H,4-9H2,1-3H3,(H2,14,17)/t10-,11+/m1/s1. The summed E-state index contributed by atoms with van der Waals surface area (Å²) in [6.07, 6.45) is 1.24. The van der Waals surface area contributed by atoms with Gasteiger partial charge in [0.05, 0.1) is 12.5 Å². The van der Waals surface area contributed by atoms with E-state index in [9.17, 15) is 14.7 Å². The molecule has 2 amide bonds. The number of carbonyl (C=O) groups is 2. The minimum absolute atomic E-state index is 0.00877. The Morgan fingerprint density at radius 3 is 2.28 bits per heavy atom. The first-order valence-corrected chi connectivity index (χ1v) is 6.66. The molecule has 0 rings (SSSR count). The predicted octanol–water partition coefficient (Wildman–Crippen LogP) is 0.897. The van der Waals surface area contributed by atoms with Crippen LogP contribution in [0.1, 0.15) is 46.5 Å². The van der Waals surface area contributed by atoms with Crippen LogP contribution in [-0.4, -0.2) is 41.0 Å². The molecule has 106 valence electrons. The van der Waals surface area contributed by atoms with Gasteiger partial charge < -0.3 is 15.7 Å². The molecular weight excluding hydrogens is 232 g/mol. The number of hydrogen-bond acceptors (Lipinski definition) is 3. The van der Waals surface area contributed by atoms with Crippen molar-refractivity contribution >= 4 is 11.8 Å². The Kier molecular flexibility index (Phi) is 8.37. The number of rotatable bonds is 9. The summed E-state index contributed by atoms with van der Waals surface area (Å²) in [4.78, 5) is 24.2. The zero-order chi connectivity index (χ0) is 14.1. The third-order valence-corrected chi connectivity index (χ3v) is 3.23. The van der Waals surface area contributed by atoms with Gasteiger partial charge in [-0.1, -0.05) is 6.92 Å². The molecule has 0 fully saturated rings. The lowest BCUT2D eigenvalue weighted by molar-refractivity contribution is -0.131. The quantitative estimate of drug-likeness (QED) is 0.644. The molecule has 0 aliphatic rings. The molecule has 5 nitrogen and oxygen atoms in total. The fourth-order valence-corrected chi connectivity index (χ4v) is 1.91. The van der Waals surface area contributed by atoms with Crippen molar-refractivity contribution in [1.82, 2.24) is 4.90 Å². The Morgan fingerprint density at radius 1 is 1.28 bits per heavy atom. The van der Waals surface area contributed by atoms with Crippen molar-refractivity contribution < 1.29 is 14.7 Å². The second-order valence-corrected chi connectivity index (χ2v) is 4.67. The lowest BCUT2D eigenvalue weighted by Crippen LogP contribution is -2.30. The maximum atomic E-state index is 11.7. The highest BCUT2D eigenvalue weighted by atomic mass is 16.3. The van der Waals surface area contributed by atoms with Gasteiger partial charge in [-0.05, 0) is 32.6 Å². The van der Waals surface area contributed by atoms with Crippen LogP contribution in [0.2, 0.25) is 0 Å². The number of aliphatic hydroxyl groups is 1. The van der Waals surface area contributed by atoms with Gasteiger partial charge in [0, 0.05) is 19.5 Å². The first-order chi connectivity index (χ1) is 8.42. The average molecular weight is 258 g/mol. The van der Waals surface area contributed by atoms with Gasteiger partial charge in [0.1, 0.15) is 0 Å². The molecule has 0 aliphatic heterocycles. The molecule has 0 saturated carbocycles. The predicted molar refractivity (Wildman–Crippen MR) is 70.8 cm³/mol. The van der Waals surface area contributed by atoms with E-state index in [-0.39, 0.29) is 18.2 Å². The van der Waals surface area contributed by atoms with Crippen molar-refractivity contribution in [2.24, 2.45) is 11.7 Å². The molecule has 18 heavy (non-hydrogen) atoms. The van der Waals surface area contributed by atoms with Gasteiger partial charge in [-0.15, -0.1) is 0 Å². The zero-order valence-electron chi connectivity index (χ0n) is 11.7. The van der Waals surface area contributed by atoms with Crippen LogP contribution in [0, 0.1) is 5.92 Å². The van der Waals surface area contributed by atoms with Crippen LogP contribution in [0.5, 0.6) is 0 Å². The Bertz CT molecular complexity index is 265. The van der Waals surface area contributed by atoms with Crippen LogP contribution in [0.25, 0.3) is 0 Å². The van der Waals surface area contributed by atoms with Crippen LogP contribution in [-0.2, 0) is 9.59 Å². The molecule has 0 aromatic carbocycles. The summed E-state index contributed by atoms with van der Waals surface area (Å²) in [7, 11) is 0. The number of nitrogens with two attached hydrogens (primary N) is 1. The number of carbonyl (C=O) groups excluding carboxylic acids is 2. The first kappa shape index (κ1) is 16.9. The molecular formula is C13H26N2O3. The third kappa shape index (κ3) is 6.59. The van der Waals surface area contributed by atoms with Crippen molar-refractivity contribution in [3.8, 4) is 0 Å². The Morgan fingerprint density at radius 2 is 1.83 bits per heavy atom. The van der Waals surface area contributed by atoms with Gasteiger partial charge in [0.15, 0.2) is 0 Å². The Balaban J connectivity index is 3.89. The zero-order valence-corrected chi connectivity index (χ0v) is 11.7. The van der Waals surface area contributed by atoms with Crippen LogP contribution in [0.4, 0.5) is 0 Å². The summed E-state index contributed by atoms with van der Waals surface area (Å²) in [5, 5.41) is 9.66. The highest BCUT2D eigenvalue weighted by molar-refractivity contribution is 5.76. The Hall–Kier alpha value is -1.10. The van der Waals surface area contributed by atoms with Gasteiger partial charge in [-0.25, -0.2) is 0 Å². The smallest absolute Gasteiger partial charge is 0.222 e. The van der Waals surface area contributed by atoms with Crippen molar-refractivity contribution in [3.05, 3.63) is 0 Å². The number of hydrogen-bond donors (Lipinski definition) is 2. The number of nitrogens with zero attached hydrogens (tertiary/aromatic N) is 1. The normalized spacial score (nSPS) is 14.0. The average Bonchev–Trinajstić information content (AvgIpc) is 2.29. The molecule has 0 saturated heterocycles. The highest BCUT2D eigenvalue weighted by Gasteiger charge is 2.17. The highest BCUT2D eigenvalue weighted by Crippen LogP contribution is 2.15. The topological polar surface area (TPSA) is 83.6 Å². The van der Waals surface area contributed by atoms with Crippen LogP contribution in [0.15, 0.2) is 0 Å². The first-order valence-electron chi connectivity index (χ1n) is 6.66. The molecule has 0 heterocycles. The maximum absolute atomic E-state index is 11.7. The van der Waals surface area contributed by atoms with E-state index in [1.807, 2.05) is 20.8 Å². The fourth-order valence-electron chi connectivity index (χ4n) is 1.91. The van der Waals surface area contributed by atoms with E-state index in [1.165, 1.54) is 0 Å². The summed E-state index contributed by atoms with van der Waals surface area (Å²) in [6, 6.07) is 0. The SMILES string of the molecule is CCN(CC)C(=O)CCC[C@@H](C)[C@@H](O)CC(N)=O. The molecule has 0 aromatic rings. The van der Waals surface area contributed by atoms with Gasteiger partial charge >= 0.3 is 0 Å². The summed E-state index contributed by atoms with van der Waals surface area (Å²) in [5.41, 5.74) is 5.02. The van der Waals surface area contributed by atoms with E-state index in [4.69, 9.17) is 5.73 Å². The number of aliphatic hydroxyl groups excluding tert-OH is 1. The van der Waals surface area contributed by atoms with E-state index in [0.29, 0.717) is 6.42 Å². The van der Waals surface area contributed by atoms with Crippen molar-refractivity contribution in [3.63, 3.8) is 0 Å². The summed E-state index contributed by atoms with van der Waals surface area (Å²) in [6.45, 7) is 7.25. The summed E-state index contributed by atoms with van der Waals surface area (Å²) >= 11 is 0. The monoisotopic (exact) mass is 258 g/mol. The van der Waals surface area contributed by atoms with E-state index in [2.05, 4.69) is 0 Å². The minimum Gasteiger partial charge on any atom is -0.392 e. The molecule has 0 radical (unpaired) electrons. The van der Waals surface area contributed by atoms with Crippen LogP contribution < -0.4 is 5.73 Å². The van der Waals surface area contributed by atoms with Crippen LogP contribution >= 0.6 is 0 Å². The van der Waals surface area contributed by atoms with Gasteiger partial charge in [-0.3, -0.25) is 9.59 Å². The van der Waals surface area contributed by atoms with Crippen molar-refractivity contribution in [2.45, 2.75) is 52.6 Å². The molecule has 5 heteroatoms. The molecule has 2 atom stereocenters. The minimum atomic E-state index is -0.703. The molecule has 0 aromatic heterocycles. The van der Waals surface area contributed by atoms with Crippen molar-refractivity contribution in [2.75, 3.05) is 13.1 Å². The van der Waals surface area contributed by atoms with Gasteiger partial charge in [-0.2, -0.15) is 0 Å². The second kappa shape index (κ2) is 8.91. The van der Waals surface area contributed by atoms with Crippen molar-refractivity contribution in [1.29, 1.82) is 0 Å². The lowest BCUT2D eigenvalue weighted by Gasteiger charge is -2.20. The molecule has 0 unspecified atom stereocenters. The second-order valence-electron chi connectivity index (χ2n) is 4.67. The van der Waals surface area contributed by atoms with E-state index in [0.717, 1.165) is 25.9 Å². The number of amides is 2. The maximum Gasteiger partial charge on any atom is 0.222 e. The largest absolute Gasteiger partial charge is 0.392 e. The molecule has 3 N–H and O–H groups in total.